The monoisotopic (exact) mass is 386 g/mol. The summed E-state index contributed by atoms with van der Waals surface area (Å²) in [5.74, 6) is 0. The molecule has 0 radical (unpaired) electrons. The van der Waals surface area contributed by atoms with Crippen LogP contribution in [0, 0.1) is 73.4 Å². The van der Waals surface area contributed by atoms with E-state index in [0.29, 0.717) is 0 Å². The number of rotatable bonds is 2. The van der Waals surface area contributed by atoms with E-state index in [4.69, 9.17) is 10.7 Å². The van der Waals surface area contributed by atoms with Crippen LogP contribution in [0.15, 0.2) is 11.1 Å². The van der Waals surface area contributed by atoms with Crippen LogP contribution < -0.4 is 0 Å². The molecule has 0 saturated carbocycles. The molecule has 0 aliphatic heterocycles. The molecule has 0 aliphatic rings. The van der Waals surface area contributed by atoms with E-state index in [1.807, 2.05) is 0 Å². The van der Waals surface area contributed by atoms with Crippen molar-refractivity contribution >= 4 is 39.2 Å². The van der Waals surface area contributed by atoms with Gasteiger partial charge in [0.15, 0.2) is 34.2 Å². The van der Waals surface area contributed by atoms with Crippen molar-refractivity contribution < 1.29 is 0 Å². The maximum absolute atomic E-state index is 9.25. The largest absolute Gasteiger partial charge is 0.288 e. The van der Waals surface area contributed by atoms with Gasteiger partial charge < -0.3 is 0 Å². The lowest BCUT2D eigenvalue weighted by Gasteiger charge is -2.07. The number of nitrogens with one attached hydrogen (secondary N) is 1. The van der Waals surface area contributed by atoms with E-state index < -0.39 is 11.4 Å². The summed E-state index contributed by atoms with van der Waals surface area (Å²) >= 11 is 0. The Morgan fingerprint density at radius 2 is 1.20 bits per heavy atom. The summed E-state index contributed by atoms with van der Waals surface area (Å²) in [4.78, 5) is 20.2. The summed E-state index contributed by atoms with van der Waals surface area (Å²) in [5.41, 5.74) is -2.60. The van der Waals surface area contributed by atoms with Crippen LogP contribution >= 0.6 is 0 Å². The first-order valence-electron chi connectivity index (χ1n) is 7.66. The first-order chi connectivity index (χ1) is 14.5. The van der Waals surface area contributed by atoms with Gasteiger partial charge in [-0.1, -0.05) is 0 Å². The lowest BCUT2D eigenvalue weighted by atomic mass is 10.1. The molecule has 0 spiro atoms. The minimum Gasteiger partial charge on any atom is -0.288 e. The van der Waals surface area contributed by atoms with Crippen molar-refractivity contribution in [1.82, 2.24) is 19.9 Å². The smallest absolute Gasteiger partial charge is 0.177 e. The second-order valence-corrected chi connectivity index (χ2v) is 5.31. The molecule has 30 heavy (non-hydrogen) atoms. The second kappa shape index (κ2) is 7.43. The molecule has 0 saturated heterocycles. The molecule has 1 N–H and O–H groups in total. The Bertz CT molecular complexity index is 1570. The van der Waals surface area contributed by atoms with Gasteiger partial charge in [-0.3, -0.25) is 5.41 Å². The van der Waals surface area contributed by atoms with Crippen LogP contribution in [-0.4, -0.2) is 31.4 Å². The number of fused-ring (bicyclic) bond motifs is 3. The van der Waals surface area contributed by atoms with Crippen LogP contribution in [0.4, 0.5) is 5.69 Å². The minimum atomic E-state index is -0.712. The van der Waals surface area contributed by atoms with Gasteiger partial charge >= 0.3 is 0 Å². The molecule has 0 unspecified atom stereocenters. The minimum absolute atomic E-state index is 0.0156. The van der Waals surface area contributed by atoms with Crippen molar-refractivity contribution in [2.45, 2.75) is 0 Å². The zero-order chi connectivity index (χ0) is 21.8. The molecule has 12 heteroatoms. The predicted octanol–water partition coefficient (Wildman–Crippen LogP) is 1.20. The number of aliphatic imine (C=N–C) groups is 1. The van der Waals surface area contributed by atoms with Gasteiger partial charge in [-0.2, -0.15) is 31.6 Å². The molecule has 12 nitrogen and oxygen atoms in total. The highest BCUT2D eigenvalue weighted by molar-refractivity contribution is 6.52. The SMILES string of the molecule is N#CC(=N)C(C#N)=Nc1cc2nc(C#N)c(C#N)nc2c2nc(C#N)c(C#N)nc12. The lowest BCUT2D eigenvalue weighted by molar-refractivity contribution is 1.17. The van der Waals surface area contributed by atoms with Gasteiger partial charge in [-0.25, -0.2) is 24.9 Å². The molecule has 2 heterocycles. The molecule has 3 rings (SSSR count). The maximum atomic E-state index is 9.25. The highest BCUT2D eigenvalue weighted by atomic mass is 14.9. The van der Waals surface area contributed by atoms with Crippen LogP contribution in [-0.2, 0) is 0 Å². The Morgan fingerprint density at radius 1 is 0.700 bits per heavy atom. The summed E-state index contributed by atoms with van der Waals surface area (Å²) in [7, 11) is 0. The van der Waals surface area contributed by atoms with Crippen molar-refractivity contribution in [3.8, 4) is 36.4 Å². The molecule has 1 aromatic carbocycles. The normalized spacial score (nSPS) is 10.1. The average molecular weight is 386 g/mol. The quantitative estimate of drug-likeness (QED) is 0.488. The fraction of sp³-hybridized carbons (Fsp3) is 0. The second-order valence-electron chi connectivity index (χ2n) is 5.31. The Hall–Kier alpha value is -5.82. The molecule has 0 aliphatic carbocycles. The fourth-order valence-corrected chi connectivity index (χ4v) is 2.41. The van der Waals surface area contributed by atoms with Crippen LogP contribution in [0.2, 0.25) is 0 Å². The molecular weight excluding hydrogens is 384 g/mol. The number of benzene rings is 1. The van der Waals surface area contributed by atoms with E-state index in [1.165, 1.54) is 12.1 Å². The van der Waals surface area contributed by atoms with Crippen molar-refractivity contribution in [2.75, 3.05) is 0 Å². The molecule has 0 fully saturated rings. The molecule has 3 aromatic rings. The summed E-state index contributed by atoms with van der Waals surface area (Å²) < 4.78 is 0. The van der Waals surface area contributed by atoms with Gasteiger partial charge in [0.1, 0.15) is 53.0 Å². The predicted molar refractivity (Wildman–Crippen MR) is 97.5 cm³/mol. The Kier molecular flexibility index (Phi) is 4.69. The number of nitrogens with zero attached hydrogens (tertiary/aromatic N) is 11. The standard InChI is InChI=1S/C18H2N12/c19-2-8(25)11(3-20)26-9-1-10-17(28-13(5-22)12(4-21)27-10)18-16(9)29-14(6-23)15(7-24)30-18/h1,25H. The van der Waals surface area contributed by atoms with Crippen LogP contribution in [0.3, 0.4) is 0 Å². The number of nitriles is 6. The van der Waals surface area contributed by atoms with Crippen molar-refractivity contribution in [3.05, 3.63) is 28.8 Å². The van der Waals surface area contributed by atoms with Gasteiger partial charge in [0, 0.05) is 0 Å². The van der Waals surface area contributed by atoms with E-state index in [9.17, 15) is 26.3 Å². The summed E-state index contributed by atoms with van der Waals surface area (Å²) in [5, 5.41) is 62.5. The van der Waals surface area contributed by atoms with E-state index in [2.05, 4.69) is 24.9 Å². The molecule has 0 atom stereocenters. The van der Waals surface area contributed by atoms with Gasteiger partial charge in [0.25, 0.3) is 0 Å². The van der Waals surface area contributed by atoms with Crippen LogP contribution in [0.25, 0.3) is 22.1 Å². The molecular formula is C18H2N12. The van der Waals surface area contributed by atoms with Gasteiger partial charge in [0.2, 0.25) is 0 Å². The third kappa shape index (κ3) is 2.94. The van der Waals surface area contributed by atoms with Crippen LogP contribution in [0.1, 0.15) is 22.8 Å². The Morgan fingerprint density at radius 3 is 1.70 bits per heavy atom. The Balaban J connectivity index is 2.59. The number of hydrogen-bond acceptors (Lipinski definition) is 12. The molecule has 2 aromatic heterocycles. The molecule has 134 valence electrons. The highest BCUT2D eigenvalue weighted by Crippen LogP contribution is 2.31. The van der Waals surface area contributed by atoms with Crippen molar-refractivity contribution in [3.63, 3.8) is 0 Å². The first kappa shape index (κ1) is 19.0. The van der Waals surface area contributed by atoms with Gasteiger partial charge in [0.05, 0.1) is 11.2 Å². The summed E-state index contributed by atoms with van der Waals surface area (Å²) in [6, 6.07) is 11.3. The van der Waals surface area contributed by atoms with Gasteiger partial charge in [-0.15, -0.1) is 0 Å². The topological polar surface area (TPSA) is 231 Å². The van der Waals surface area contributed by atoms with E-state index >= 15 is 0 Å². The summed E-state index contributed by atoms with van der Waals surface area (Å²) in [6.07, 6.45) is 0. The molecule has 0 bridgehead atoms. The zero-order valence-electron chi connectivity index (χ0n) is 14.5. The zero-order valence-corrected chi connectivity index (χ0v) is 14.5. The first-order valence-corrected chi connectivity index (χ1v) is 7.66. The Labute approximate surface area is 167 Å². The van der Waals surface area contributed by atoms with E-state index in [1.54, 1.807) is 30.3 Å². The third-order valence-electron chi connectivity index (χ3n) is 3.67. The van der Waals surface area contributed by atoms with E-state index in [-0.39, 0.29) is 50.5 Å². The highest BCUT2D eigenvalue weighted by Gasteiger charge is 2.19. The van der Waals surface area contributed by atoms with Crippen molar-refractivity contribution in [1.29, 1.82) is 37.0 Å². The maximum Gasteiger partial charge on any atom is 0.177 e. The number of aromatic nitrogens is 4. The average Bonchev–Trinajstić information content (AvgIpc) is 2.79. The number of hydrogen-bond donors (Lipinski definition) is 1. The van der Waals surface area contributed by atoms with Gasteiger partial charge in [-0.05, 0) is 6.07 Å². The van der Waals surface area contributed by atoms with Crippen LogP contribution in [0.5, 0.6) is 0 Å². The van der Waals surface area contributed by atoms with Crippen molar-refractivity contribution in [2.24, 2.45) is 4.99 Å². The fourth-order valence-electron chi connectivity index (χ4n) is 2.41. The van der Waals surface area contributed by atoms with E-state index in [0.717, 1.165) is 0 Å². The summed E-state index contributed by atoms with van der Waals surface area (Å²) in [6.45, 7) is 0. The lowest BCUT2D eigenvalue weighted by Crippen LogP contribution is -2.08. The molecule has 0 amide bonds. The third-order valence-corrected chi connectivity index (χ3v) is 3.67.